The van der Waals surface area contributed by atoms with Crippen LogP contribution in [0.5, 0.6) is 0 Å². The summed E-state index contributed by atoms with van der Waals surface area (Å²) in [5, 5.41) is 5.23. The molecule has 10 heteroatoms. The second-order valence-corrected chi connectivity index (χ2v) is 6.07. The van der Waals surface area contributed by atoms with Crippen molar-refractivity contribution in [1.82, 2.24) is 9.97 Å². The maximum Gasteiger partial charge on any atom is 0.433 e. The Morgan fingerprint density at radius 2 is 1.67 bits per heavy atom. The zero-order valence-electron chi connectivity index (χ0n) is 14.8. The monoisotopic (exact) mass is 392 g/mol. The van der Waals surface area contributed by atoms with E-state index in [9.17, 15) is 26.3 Å². The normalized spacial score (nSPS) is 13.4. The van der Waals surface area contributed by atoms with Gasteiger partial charge in [-0.05, 0) is 38.0 Å². The van der Waals surface area contributed by atoms with Crippen LogP contribution in [0.1, 0.15) is 37.1 Å². The van der Waals surface area contributed by atoms with Crippen LogP contribution in [0.4, 0.5) is 43.8 Å². The van der Waals surface area contributed by atoms with Crippen LogP contribution in [0.3, 0.4) is 0 Å². The number of alkyl halides is 6. The number of halogens is 6. The van der Waals surface area contributed by atoms with Crippen molar-refractivity contribution in [3.63, 3.8) is 0 Å². The maximum atomic E-state index is 13.1. The van der Waals surface area contributed by atoms with E-state index < -0.39 is 23.6 Å². The number of nitrogens with zero attached hydrogens (tertiary/aromatic N) is 2. The Morgan fingerprint density at radius 3 is 2.22 bits per heavy atom. The van der Waals surface area contributed by atoms with Gasteiger partial charge in [0.1, 0.15) is 5.82 Å². The minimum absolute atomic E-state index is 0.00541. The summed E-state index contributed by atoms with van der Waals surface area (Å²) in [7, 11) is 0. The van der Waals surface area contributed by atoms with Crippen LogP contribution in [0.2, 0.25) is 0 Å². The molecule has 0 spiro atoms. The van der Waals surface area contributed by atoms with Crippen molar-refractivity contribution in [1.29, 1.82) is 0 Å². The molecule has 1 heterocycles. The lowest BCUT2D eigenvalue weighted by Gasteiger charge is -2.16. The lowest BCUT2D eigenvalue weighted by molar-refractivity contribution is -0.141. The molecule has 0 aliphatic carbocycles. The molecule has 1 aromatic carbocycles. The molecule has 0 bridgehead atoms. The van der Waals surface area contributed by atoms with Crippen LogP contribution in [0.25, 0.3) is 0 Å². The predicted molar refractivity (Wildman–Crippen MR) is 89.9 cm³/mol. The first kappa shape index (κ1) is 20.8. The average Bonchev–Trinajstić information content (AvgIpc) is 2.54. The molecule has 0 radical (unpaired) electrons. The second-order valence-electron chi connectivity index (χ2n) is 6.07. The standard InChI is InChI=1S/C17H18F6N4/c1-4-10(3)24-15-26-13(17(21,22)23)8-14(27-15)25-11-6-5-9(2)12(7-11)16(18,19)20/h5-8,10H,4H2,1-3H3,(H2,24,25,26,27)/t10-/m1/s1. The smallest absolute Gasteiger partial charge is 0.352 e. The Bertz CT molecular complexity index is 801. The fraction of sp³-hybridized carbons (Fsp3) is 0.412. The fourth-order valence-electron chi connectivity index (χ4n) is 2.20. The van der Waals surface area contributed by atoms with Gasteiger partial charge in [0.25, 0.3) is 0 Å². The summed E-state index contributed by atoms with van der Waals surface area (Å²) in [5.74, 6) is -0.523. The van der Waals surface area contributed by atoms with Crippen molar-refractivity contribution in [3.05, 3.63) is 41.1 Å². The third-order valence-electron chi connectivity index (χ3n) is 3.82. The Hall–Kier alpha value is -2.52. The highest BCUT2D eigenvalue weighted by Gasteiger charge is 2.34. The molecule has 0 fully saturated rings. The van der Waals surface area contributed by atoms with E-state index in [0.29, 0.717) is 12.5 Å². The molecule has 4 nitrogen and oxygen atoms in total. The molecule has 2 aromatic rings. The number of benzene rings is 1. The van der Waals surface area contributed by atoms with E-state index in [4.69, 9.17) is 0 Å². The number of aromatic nitrogens is 2. The van der Waals surface area contributed by atoms with Crippen molar-refractivity contribution in [2.45, 2.75) is 45.6 Å². The fourth-order valence-corrected chi connectivity index (χ4v) is 2.20. The van der Waals surface area contributed by atoms with Gasteiger partial charge in [-0.1, -0.05) is 13.0 Å². The number of nitrogens with one attached hydrogen (secondary N) is 2. The molecule has 0 unspecified atom stereocenters. The minimum atomic E-state index is -4.73. The van der Waals surface area contributed by atoms with Gasteiger partial charge in [0.2, 0.25) is 5.95 Å². The van der Waals surface area contributed by atoms with E-state index in [1.165, 1.54) is 19.1 Å². The molecule has 0 amide bonds. The molecule has 0 saturated carbocycles. The van der Waals surface area contributed by atoms with Gasteiger partial charge in [0, 0.05) is 17.8 Å². The summed E-state index contributed by atoms with van der Waals surface area (Å²) in [6.07, 6.45) is -8.68. The SMILES string of the molecule is CC[C@@H](C)Nc1nc(Nc2ccc(C)c(C(F)(F)F)c2)cc(C(F)(F)F)n1. The summed E-state index contributed by atoms with van der Waals surface area (Å²) in [4.78, 5) is 7.37. The Labute approximate surface area is 152 Å². The third kappa shape index (κ3) is 5.48. The number of hydrogen-bond donors (Lipinski definition) is 2. The van der Waals surface area contributed by atoms with Gasteiger partial charge in [0.15, 0.2) is 5.69 Å². The van der Waals surface area contributed by atoms with Crippen LogP contribution in [-0.2, 0) is 12.4 Å². The predicted octanol–water partition coefficient (Wildman–Crippen LogP) is 5.78. The van der Waals surface area contributed by atoms with Crippen LogP contribution in [0, 0.1) is 6.92 Å². The zero-order chi connectivity index (χ0) is 20.4. The molecule has 0 aliphatic heterocycles. The van der Waals surface area contributed by atoms with E-state index in [1.807, 2.05) is 6.92 Å². The first-order chi connectivity index (χ1) is 12.4. The molecule has 0 aliphatic rings. The number of hydrogen-bond acceptors (Lipinski definition) is 4. The third-order valence-corrected chi connectivity index (χ3v) is 3.82. The van der Waals surface area contributed by atoms with Gasteiger partial charge in [-0.25, -0.2) is 4.98 Å². The van der Waals surface area contributed by atoms with Crippen molar-refractivity contribution in [3.8, 4) is 0 Å². The van der Waals surface area contributed by atoms with E-state index >= 15 is 0 Å². The van der Waals surface area contributed by atoms with E-state index in [2.05, 4.69) is 20.6 Å². The molecule has 0 saturated heterocycles. The molecule has 1 aromatic heterocycles. The van der Waals surface area contributed by atoms with Gasteiger partial charge in [-0.3, -0.25) is 0 Å². The second kappa shape index (κ2) is 7.61. The lowest BCUT2D eigenvalue weighted by Crippen LogP contribution is -2.18. The molecule has 2 rings (SSSR count). The van der Waals surface area contributed by atoms with Crippen LogP contribution < -0.4 is 10.6 Å². The quantitative estimate of drug-likeness (QED) is 0.634. The largest absolute Gasteiger partial charge is 0.433 e. The minimum Gasteiger partial charge on any atom is -0.352 e. The average molecular weight is 392 g/mol. The van der Waals surface area contributed by atoms with Crippen molar-refractivity contribution in [2.75, 3.05) is 10.6 Å². The van der Waals surface area contributed by atoms with Gasteiger partial charge < -0.3 is 10.6 Å². The topological polar surface area (TPSA) is 49.8 Å². The van der Waals surface area contributed by atoms with E-state index in [1.54, 1.807) is 6.92 Å². The van der Waals surface area contributed by atoms with Crippen molar-refractivity contribution < 1.29 is 26.3 Å². The number of aryl methyl sites for hydroxylation is 1. The van der Waals surface area contributed by atoms with Crippen LogP contribution in [-0.4, -0.2) is 16.0 Å². The summed E-state index contributed by atoms with van der Waals surface area (Å²) in [5.41, 5.74) is -2.11. The lowest BCUT2D eigenvalue weighted by atomic mass is 10.1. The van der Waals surface area contributed by atoms with Gasteiger partial charge in [0.05, 0.1) is 5.56 Å². The van der Waals surface area contributed by atoms with Crippen LogP contribution in [0.15, 0.2) is 24.3 Å². The molecule has 2 N–H and O–H groups in total. The molecular formula is C17H18F6N4. The molecule has 27 heavy (non-hydrogen) atoms. The van der Waals surface area contributed by atoms with Crippen LogP contribution >= 0.6 is 0 Å². The van der Waals surface area contributed by atoms with E-state index in [0.717, 1.165) is 6.07 Å². The Balaban J connectivity index is 2.42. The summed E-state index contributed by atoms with van der Waals surface area (Å²) < 4.78 is 78.3. The Morgan fingerprint density at radius 1 is 1.00 bits per heavy atom. The van der Waals surface area contributed by atoms with E-state index in [-0.39, 0.29) is 29.1 Å². The zero-order valence-corrected chi connectivity index (χ0v) is 14.8. The number of anilines is 3. The van der Waals surface area contributed by atoms with Gasteiger partial charge >= 0.3 is 12.4 Å². The first-order valence-electron chi connectivity index (χ1n) is 8.08. The Kier molecular flexibility index (Phi) is 5.86. The first-order valence-corrected chi connectivity index (χ1v) is 8.08. The highest BCUT2D eigenvalue weighted by atomic mass is 19.4. The summed E-state index contributed by atoms with van der Waals surface area (Å²) in [6, 6.07) is 3.86. The maximum absolute atomic E-state index is 13.1. The number of rotatable bonds is 5. The highest BCUT2D eigenvalue weighted by molar-refractivity contribution is 5.60. The molecule has 148 valence electrons. The van der Waals surface area contributed by atoms with Crippen molar-refractivity contribution >= 4 is 17.5 Å². The van der Waals surface area contributed by atoms with Crippen molar-refractivity contribution in [2.24, 2.45) is 0 Å². The summed E-state index contributed by atoms with van der Waals surface area (Å²) >= 11 is 0. The van der Waals surface area contributed by atoms with Gasteiger partial charge in [-0.2, -0.15) is 31.3 Å². The highest BCUT2D eigenvalue weighted by Crippen LogP contribution is 2.35. The van der Waals surface area contributed by atoms with Gasteiger partial charge in [-0.15, -0.1) is 0 Å². The molecular weight excluding hydrogens is 374 g/mol. The molecule has 1 atom stereocenters. The summed E-state index contributed by atoms with van der Waals surface area (Å²) in [6.45, 7) is 4.87.